The Labute approximate surface area is 245 Å². The summed E-state index contributed by atoms with van der Waals surface area (Å²) < 4.78 is 0. The van der Waals surface area contributed by atoms with E-state index in [-0.39, 0.29) is 41.3 Å². The number of phenolic OH excluding ortho intramolecular Hbond substituents is 2. The Bertz CT molecular complexity index is 1330. The highest BCUT2D eigenvalue weighted by Crippen LogP contribution is 2.12. The van der Waals surface area contributed by atoms with E-state index in [1.54, 1.807) is 48.5 Å². The maximum absolute atomic E-state index is 12.5. The smallest absolute Gasteiger partial charge is 0.269 e. The molecule has 2 aromatic carbocycles. The fraction of sp³-hybridized carbons (Fsp3) is 0.379. The van der Waals surface area contributed by atoms with Crippen LogP contribution in [-0.4, -0.2) is 57.2 Å². The van der Waals surface area contributed by atoms with E-state index in [0.717, 1.165) is 11.1 Å². The molecule has 3 rings (SSSR count). The predicted octanol–water partition coefficient (Wildman–Crippen LogP) is 1.15. The van der Waals surface area contributed by atoms with Crippen LogP contribution in [0.2, 0.25) is 0 Å². The number of aromatic amines is 1. The average Bonchev–Trinajstić information content (AvgIpc) is 2.93. The van der Waals surface area contributed by atoms with Gasteiger partial charge in [0.15, 0.2) is 0 Å². The van der Waals surface area contributed by atoms with E-state index in [1.165, 1.54) is 0 Å². The minimum atomic E-state index is -0.715. The van der Waals surface area contributed by atoms with Crippen LogP contribution in [0.4, 0.5) is 0 Å². The highest BCUT2D eigenvalue weighted by molar-refractivity contribution is 5.85. The molecule has 1 aromatic heterocycles. The Hall–Kier alpha value is -3.93. The number of carbonyl (C=O) groups is 2. The lowest BCUT2D eigenvalue weighted by molar-refractivity contribution is -0.123. The number of carbonyl (C=O) groups excluding carboxylic acids is 2. The standard InChI is InChI=1S/C29H38N6O5.ClH/c1-18-25(4-2-14-32-27(38)23(30)16-19-6-10-21(36)11-7-19)35-29(40)26(34-18)5-3-15-33-28(39)24(31)17-20-8-12-22(37)13-9-20;/h6-13,23-24,36-37H,2-5,14-17,30-31H2,1H3,(H,32,38)(H,33,39)(H,35,40);1H. The van der Waals surface area contributed by atoms with Crippen LogP contribution in [0.3, 0.4) is 0 Å². The van der Waals surface area contributed by atoms with Crippen LogP contribution in [0, 0.1) is 6.92 Å². The number of halogens is 1. The summed E-state index contributed by atoms with van der Waals surface area (Å²) in [5.41, 5.74) is 15.2. The fourth-order valence-electron chi connectivity index (χ4n) is 4.20. The lowest BCUT2D eigenvalue weighted by atomic mass is 10.1. The number of nitrogens with one attached hydrogen (secondary N) is 3. The number of H-pyrrole nitrogens is 1. The zero-order chi connectivity index (χ0) is 29.1. The van der Waals surface area contributed by atoms with Crippen molar-refractivity contribution in [2.75, 3.05) is 13.1 Å². The summed E-state index contributed by atoms with van der Waals surface area (Å²) in [6.45, 7) is 2.59. The molecule has 2 amide bonds. The van der Waals surface area contributed by atoms with Crippen molar-refractivity contribution >= 4 is 24.2 Å². The van der Waals surface area contributed by atoms with E-state index in [9.17, 15) is 24.6 Å². The zero-order valence-electron chi connectivity index (χ0n) is 23.1. The highest BCUT2D eigenvalue weighted by atomic mass is 35.5. The van der Waals surface area contributed by atoms with Gasteiger partial charge in [0.2, 0.25) is 11.8 Å². The summed E-state index contributed by atoms with van der Waals surface area (Å²) in [5, 5.41) is 24.3. The first kappa shape index (κ1) is 33.3. The number of aromatic hydroxyl groups is 2. The highest BCUT2D eigenvalue weighted by Gasteiger charge is 2.15. The number of nitrogens with zero attached hydrogens (tertiary/aromatic N) is 1. The van der Waals surface area contributed by atoms with Gasteiger partial charge in [-0.2, -0.15) is 0 Å². The number of aryl methyl sites for hydroxylation is 3. The maximum atomic E-state index is 12.5. The minimum Gasteiger partial charge on any atom is -0.508 e. The summed E-state index contributed by atoms with van der Waals surface area (Å²) >= 11 is 0. The molecular weight excluding hydrogens is 548 g/mol. The van der Waals surface area contributed by atoms with Crippen LogP contribution in [0.15, 0.2) is 53.3 Å². The van der Waals surface area contributed by atoms with Gasteiger partial charge in [0, 0.05) is 18.8 Å². The first-order valence-electron chi connectivity index (χ1n) is 13.3. The molecule has 0 bridgehead atoms. The summed E-state index contributed by atoms with van der Waals surface area (Å²) in [4.78, 5) is 44.5. The number of hydrogen-bond acceptors (Lipinski definition) is 8. The second-order valence-electron chi connectivity index (χ2n) is 9.82. The Balaban J connectivity index is 0.00000588. The normalized spacial score (nSPS) is 12.2. The summed E-state index contributed by atoms with van der Waals surface area (Å²) in [5.74, 6) is -0.234. The molecule has 222 valence electrons. The summed E-state index contributed by atoms with van der Waals surface area (Å²) in [7, 11) is 0. The lowest BCUT2D eigenvalue weighted by Gasteiger charge is -2.13. The lowest BCUT2D eigenvalue weighted by Crippen LogP contribution is -2.42. The molecular formula is C29H39ClN6O5. The van der Waals surface area contributed by atoms with Gasteiger partial charge in [-0.25, -0.2) is 0 Å². The topological polar surface area (TPSA) is 196 Å². The molecule has 9 N–H and O–H groups in total. The molecule has 0 saturated heterocycles. The largest absolute Gasteiger partial charge is 0.508 e. The van der Waals surface area contributed by atoms with Crippen molar-refractivity contribution in [3.63, 3.8) is 0 Å². The quantitative estimate of drug-likeness (QED) is 0.136. The van der Waals surface area contributed by atoms with Gasteiger partial charge in [-0.05, 0) is 80.8 Å². The molecule has 0 aliphatic carbocycles. The van der Waals surface area contributed by atoms with Crippen LogP contribution in [-0.2, 0) is 35.3 Å². The van der Waals surface area contributed by atoms with Crippen molar-refractivity contribution in [3.8, 4) is 11.5 Å². The van der Waals surface area contributed by atoms with Crippen molar-refractivity contribution < 1.29 is 19.8 Å². The average molecular weight is 587 g/mol. The Kier molecular flexibility index (Phi) is 13.3. The van der Waals surface area contributed by atoms with Crippen molar-refractivity contribution in [2.45, 2.75) is 57.5 Å². The van der Waals surface area contributed by atoms with Gasteiger partial charge < -0.3 is 37.3 Å². The van der Waals surface area contributed by atoms with E-state index in [1.807, 2.05) is 6.92 Å². The number of rotatable bonds is 14. The molecule has 1 heterocycles. The Morgan fingerprint density at radius 2 is 1.27 bits per heavy atom. The predicted molar refractivity (Wildman–Crippen MR) is 159 cm³/mol. The first-order valence-corrected chi connectivity index (χ1v) is 13.3. The molecule has 12 heteroatoms. The fourth-order valence-corrected chi connectivity index (χ4v) is 4.20. The van der Waals surface area contributed by atoms with Gasteiger partial charge in [-0.3, -0.25) is 19.4 Å². The second kappa shape index (κ2) is 16.4. The number of benzene rings is 2. The monoisotopic (exact) mass is 586 g/mol. The summed E-state index contributed by atoms with van der Waals surface area (Å²) in [6, 6.07) is 11.7. The van der Waals surface area contributed by atoms with Gasteiger partial charge in [0.1, 0.15) is 17.2 Å². The van der Waals surface area contributed by atoms with E-state index in [0.29, 0.717) is 68.7 Å². The molecule has 0 spiro atoms. The molecule has 0 aliphatic rings. The van der Waals surface area contributed by atoms with E-state index >= 15 is 0 Å². The van der Waals surface area contributed by atoms with Crippen LogP contribution in [0.5, 0.6) is 11.5 Å². The van der Waals surface area contributed by atoms with Crippen LogP contribution < -0.4 is 27.7 Å². The molecule has 3 aromatic rings. The van der Waals surface area contributed by atoms with Crippen LogP contribution in [0.1, 0.15) is 41.1 Å². The van der Waals surface area contributed by atoms with E-state index in [4.69, 9.17) is 11.5 Å². The van der Waals surface area contributed by atoms with Crippen molar-refractivity contribution in [1.29, 1.82) is 0 Å². The van der Waals surface area contributed by atoms with Gasteiger partial charge in [-0.1, -0.05) is 24.3 Å². The Morgan fingerprint density at radius 3 is 1.73 bits per heavy atom. The molecule has 0 fully saturated rings. The van der Waals surface area contributed by atoms with Gasteiger partial charge >= 0.3 is 0 Å². The van der Waals surface area contributed by atoms with Gasteiger partial charge in [0.25, 0.3) is 5.56 Å². The SMILES string of the molecule is Cc1nc(CCCNC(=O)C(N)Cc2ccc(O)cc2)c(=O)[nH]c1CCCNC(=O)C(N)Cc1ccc(O)cc1.Cl. The second-order valence-corrected chi connectivity index (χ2v) is 9.82. The molecule has 2 atom stereocenters. The summed E-state index contributed by atoms with van der Waals surface area (Å²) in [6.07, 6.45) is 2.79. The zero-order valence-corrected chi connectivity index (χ0v) is 23.9. The Morgan fingerprint density at radius 1 is 0.829 bits per heavy atom. The van der Waals surface area contributed by atoms with Crippen molar-refractivity contribution in [3.05, 3.63) is 87.1 Å². The third kappa shape index (κ3) is 10.9. The van der Waals surface area contributed by atoms with Crippen molar-refractivity contribution in [2.24, 2.45) is 11.5 Å². The van der Waals surface area contributed by atoms with Gasteiger partial charge in [-0.15, -0.1) is 12.4 Å². The molecule has 2 unspecified atom stereocenters. The van der Waals surface area contributed by atoms with Crippen LogP contribution >= 0.6 is 12.4 Å². The van der Waals surface area contributed by atoms with Crippen molar-refractivity contribution in [1.82, 2.24) is 20.6 Å². The van der Waals surface area contributed by atoms with Crippen LogP contribution in [0.25, 0.3) is 0 Å². The number of phenols is 2. The van der Waals surface area contributed by atoms with Gasteiger partial charge in [0.05, 0.1) is 17.8 Å². The molecule has 0 saturated carbocycles. The number of hydrogen-bond donors (Lipinski definition) is 7. The molecule has 11 nitrogen and oxygen atoms in total. The van der Waals surface area contributed by atoms with E-state index < -0.39 is 12.1 Å². The van der Waals surface area contributed by atoms with E-state index in [2.05, 4.69) is 20.6 Å². The molecule has 0 radical (unpaired) electrons. The number of amides is 2. The third-order valence-corrected chi connectivity index (χ3v) is 6.52. The number of aromatic nitrogens is 2. The minimum absolute atomic E-state index is 0. The molecule has 0 aliphatic heterocycles. The maximum Gasteiger partial charge on any atom is 0.269 e. The first-order chi connectivity index (χ1) is 19.1. The molecule has 41 heavy (non-hydrogen) atoms. The third-order valence-electron chi connectivity index (χ3n) is 6.52. The number of nitrogens with two attached hydrogens (primary N) is 2.